The Hall–Kier alpha value is -2.10. The molecular formula is C15H24ClFN4O5. The molecule has 2 atom stereocenters. The Morgan fingerprint density at radius 3 is 2.31 bits per heavy atom. The predicted octanol–water partition coefficient (Wildman–Crippen LogP) is 0.690. The molecule has 26 heavy (non-hydrogen) atoms. The molecule has 4 amide bonds. The van der Waals surface area contributed by atoms with Crippen molar-refractivity contribution in [3.05, 3.63) is 0 Å². The zero-order valence-corrected chi connectivity index (χ0v) is 15.0. The predicted molar refractivity (Wildman–Crippen MR) is 90.1 cm³/mol. The summed E-state index contributed by atoms with van der Waals surface area (Å²) in [5, 5.41) is 0.545. The minimum atomic E-state index is -2.42. The van der Waals surface area contributed by atoms with Crippen molar-refractivity contribution in [3.8, 4) is 0 Å². The largest absolute Gasteiger partial charge is 0.436 e. The Morgan fingerprint density at radius 1 is 1.19 bits per heavy atom. The summed E-state index contributed by atoms with van der Waals surface area (Å²) in [5.74, 6) is -2.72. The Labute approximate surface area is 155 Å². The van der Waals surface area contributed by atoms with E-state index >= 15 is 0 Å². The Morgan fingerprint density at radius 2 is 1.81 bits per heavy atom. The van der Waals surface area contributed by atoms with Crippen molar-refractivity contribution < 1.29 is 28.3 Å². The maximum atomic E-state index is 13.1. The first-order chi connectivity index (χ1) is 12.2. The molecule has 11 heteroatoms. The van der Waals surface area contributed by atoms with Crippen molar-refractivity contribution in [2.24, 2.45) is 17.4 Å². The molecule has 0 bridgehead atoms. The standard InChI is InChI=1S/C15H24ClFN4O5/c16-12(17)14(24)21(7-6-11(18)22)20-13(23)10(26-15(19)25)8-9-4-2-1-3-5-9/h9-10,12H,1-8H2,(H2,18,22)(H2,19,25)(H,20,23)/t10?,12-/m1/s1. The highest BCUT2D eigenvalue weighted by atomic mass is 35.5. The van der Waals surface area contributed by atoms with Crippen LogP contribution in [0, 0.1) is 5.92 Å². The quantitative estimate of drug-likeness (QED) is 0.409. The van der Waals surface area contributed by atoms with E-state index in [0.29, 0.717) is 5.01 Å². The maximum Gasteiger partial charge on any atom is 0.405 e. The van der Waals surface area contributed by atoms with E-state index in [1.807, 2.05) is 0 Å². The summed E-state index contributed by atoms with van der Waals surface area (Å²) < 4.78 is 18.0. The average Bonchev–Trinajstić information content (AvgIpc) is 2.57. The van der Waals surface area contributed by atoms with Gasteiger partial charge in [-0.25, -0.2) is 14.2 Å². The van der Waals surface area contributed by atoms with E-state index in [0.717, 1.165) is 32.1 Å². The van der Waals surface area contributed by atoms with E-state index in [9.17, 15) is 23.6 Å². The minimum Gasteiger partial charge on any atom is -0.436 e. The van der Waals surface area contributed by atoms with Gasteiger partial charge in [-0.05, 0) is 12.3 Å². The number of hydrogen-bond acceptors (Lipinski definition) is 5. The molecule has 148 valence electrons. The number of nitrogens with one attached hydrogen (secondary N) is 1. The van der Waals surface area contributed by atoms with Gasteiger partial charge in [-0.2, -0.15) is 0 Å². The van der Waals surface area contributed by atoms with Crippen LogP contribution in [-0.4, -0.2) is 47.1 Å². The van der Waals surface area contributed by atoms with Gasteiger partial charge in [-0.3, -0.25) is 19.8 Å². The fourth-order valence-corrected chi connectivity index (χ4v) is 2.96. The third kappa shape index (κ3) is 7.85. The van der Waals surface area contributed by atoms with E-state index < -0.39 is 35.5 Å². The number of carbonyl (C=O) groups is 4. The molecule has 1 aliphatic rings. The van der Waals surface area contributed by atoms with Crippen LogP contribution < -0.4 is 16.9 Å². The number of rotatable bonds is 8. The average molecular weight is 395 g/mol. The van der Waals surface area contributed by atoms with Crippen LogP contribution in [-0.2, 0) is 19.1 Å². The smallest absolute Gasteiger partial charge is 0.405 e. The van der Waals surface area contributed by atoms with Crippen molar-refractivity contribution in [2.75, 3.05) is 6.54 Å². The lowest BCUT2D eigenvalue weighted by Crippen LogP contribution is -2.53. The fraction of sp³-hybridized carbons (Fsp3) is 0.733. The van der Waals surface area contributed by atoms with Crippen molar-refractivity contribution in [2.45, 2.75) is 56.7 Å². The molecule has 1 unspecified atom stereocenters. The SMILES string of the molecule is NC(=O)CCN(NC(=O)C(CC1CCCCC1)OC(N)=O)C(=O)[C@@H](F)Cl. The van der Waals surface area contributed by atoms with Gasteiger partial charge in [0.1, 0.15) is 0 Å². The van der Waals surface area contributed by atoms with Gasteiger partial charge in [0.05, 0.1) is 6.54 Å². The fourth-order valence-electron chi connectivity index (χ4n) is 2.84. The van der Waals surface area contributed by atoms with Gasteiger partial charge in [0.25, 0.3) is 17.4 Å². The molecule has 0 radical (unpaired) electrons. The lowest BCUT2D eigenvalue weighted by Gasteiger charge is -2.28. The van der Waals surface area contributed by atoms with Gasteiger partial charge >= 0.3 is 6.09 Å². The molecule has 1 rings (SSSR count). The molecule has 0 aromatic heterocycles. The third-order valence-corrected chi connectivity index (χ3v) is 4.29. The number of alkyl halides is 2. The number of amides is 4. The van der Waals surface area contributed by atoms with Gasteiger partial charge in [0, 0.05) is 6.42 Å². The molecule has 9 nitrogen and oxygen atoms in total. The van der Waals surface area contributed by atoms with Crippen LogP contribution in [0.3, 0.4) is 0 Å². The molecule has 1 saturated carbocycles. The van der Waals surface area contributed by atoms with Gasteiger partial charge in [0.15, 0.2) is 6.10 Å². The number of carbonyl (C=O) groups excluding carboxylic acids is 4. The number of hydrazine groups is 1. The van der Waals surface area contributed by atoms with E-state index in [1.165, 1.54) is 0 Å². The number of hydrogen-bond donors (Lipinski definition) is 3. The second-order valence-corrected chi connectivity index (χ2v) is 6.53. The summed E-state index contributed by atoms with van der Waals surface area (Å²) in [5.41, 5.74) is 9.71. The highest BCUT2D eigenvalue weighted by molar-refractivity contribution is 6.29. The van der Waals surface area contributed by atoms with Crippen LogP contribution in [0.15, 0.2) is 0 Å². The summed E-state index contributed by atoms with van der Waals surface area (Å²) in [6.45, 7) is -0.375. The van der Waals surface area contributed by atoms with Crippen LogP contribution in [0.4, 0.5) is 9.18 Å². The van der Waals surface area contributed by atoms with Gasteiger partial charge in [0.2, 0.25) is 5.91 Å². The normalized spacial score (nSPS) is 17.0. The first-order valence-corrected chi connectivity index (χ1v) is 8.78. The third-order valence-electron chi connectivity index (χ3n) is 4.10. The Kier molecular flexibility index (Phi) is 9.11. The molecule has 0 spiro atoms. The van der Waals surface area contributed by atoms with Crippen LogP contribution in [0.25, 0.3) is 0 Å². The summed E-state index contributed by atoms with van der Waals surface area (Å²) in [6, 6.07) is 0. The minimum absolute atomic E-state index is 0.163. The Bertz CT molecular complexity index is 528. The lowest BCUT2D eigenvalue weighted by atomic mass is 9.85. The summed E-state index contributed by atoms with van der Waals surface area (Å²) in [7, 11) is 0. The molecule has 1 fully saturated rings. The molecule has 0 aromatic rings. The van der Waals surface area contributed by atoms with E-state index in [-0.39, 0.29) is 25.3 Å². The van der Waals surface area contributed by atoms with E-state index in [4.69, 9.17) is 27.8 Å². The van der Waals surface area contributed by atoms with E-state index in [1.54, 1.807) is 0 Å². The first kappa shape index (κ1) is 21.9. The van der Waals surface area contributed by atoms with Crippen LogP contribution in [0.1, 0.15) is 44.9 Å². The molecule has 5 N–H and O–H groups in total. The molecular weight excluding hydrogens is 371 g/mol. The summed E-state index contributed by atoms with van der Waals surface area (Å²) in [4.78, 5) is 46.1. The summed E-state index contributed by atoms with van der Waals surface area (Å²) >= 11 is 5.11. The molecule has 0 aromatic carbocycles. The van der Waals surface area contributed by atoms with Crippen molar-refractivity contribution in [1.82, 2.24) is 10.4 Å². The van der Waals surface area contributed by atoms with Crippen molar-refractivity contribution >= 4 is 35.4 Å². The number of nitrogens with two attached hydrogens (primary N) is 2. The number of ether oxygens (including phenoxy) is 1. The number of primary amides is 2. The van der Waals surface area contributed by atoms with Gasteiger partial charge in [-0.1, -0.05) is 43.7 Å². The topological polar surface area (TPSA) is 145 Å². The molecule has 0 saturated heterocycles. The lowest BCUT2D eigenvalue weighted by molar-refractivity contribution is -0.147. The molecule has 1 aliphatic carbocycles. The van der Waals surface area contributed by atoms with Crippen LogP contribution in [0.2, 0.25) is 0 Å². The van der Waals surface area contributed by atoms with E-state index in [2.05, 4.69) is 5.43 Å². The molecule has 0 aliphatic heterocycles. The number of nitrogens with zero attached hydrogens (tertiary/aromatic N) is 1. The zero-order valence-electron chi connectivity index (χ0n) is 14.3. The van der Waals surface area contributed by atoms with Crippen molar-refractivity contribution in [3.63, 3.8) is 0 Å². The number of halogens is 2. The summed E-state index contributed by atoms with van der Waals surface area (Å²) in [6.07, 6.45) is 2.40. The second kappa shape index (κ2) is 10.8. The van der Waals surface area contributed by atoms with Gasteiger partial charge in [-0.15, -0.1) is 0 Å². The van der Waals surface area contributed by atoms with Gasteiger partial charge < -0.3 is 16.2 Å². The monoisotopic (exact) mass is 394 g/mol. The van der Waals surface area contributed by atoms with Crippen molar-refractivity contribution in [1.29, 1.82) is 0 Å². The van der Waals surface area contributed by atoms with Crippen LogP contribution >= 0.6 is 11.6 Å². The first-order valence-electron chi connectivity index (χ1n) is 8.35. The Balaban J connectivity index is 2.78. The second-order valence-electron chi connectivity index (χ2n) is 6.15. The highest BCUT2D eigenvalue weighted by Gasteiger charge is 2.31. The zero-order chi connectivity index (χ0) is 19.7. The highest BCUT2D eigenvalue weighted by Crippen LogP contribution is 2.28. The maximum absolute atomic E-state index is 13.1. The molecule has 0 heterocycles. The van der Waals surface area contributed by atoms with Crippen LogP contribution in [0.5, 0.6) is 0 Å².